The second-order valence-corrected chi connectivity index (χ2v) is 9.47. The molecule has 0 saturated heterocycles. The van der Waals surface area contributed by atoms with Crippen molar-refractivity contribution in [2.45, 2.75) is 58.3 Å². The lowest BCUT2D eigenvalue weighted by Crippen LogP contribution is -2.41. The Bertz CT molecular complexity index is 1180. The zero-order valence-electron chi connectivity index (χ0n) is 18.4. The first-order chi connectivity index (χ1) is 15.4. The molecule has 0 radical (unpaired) electrons. The first kappa shape index (κ1) is 21.1. The fraction of sp³-hybridized carbons (Fsp3) is 0.542. The van der Waals surface area contributed by atoms with Crippen LogP contribution in [0.15, 0.2) is 18.5 Å². The minimum Gasteiger partial charge on any atom is -0.300 e. The van der Waals surface area contributed by atoms with Crippen molar-refractivity contribution in [2.24, 2.45) is 24.3 Å². The van der Waals surface area contributed by atoms with Crippen LogP contribution in [0.2, 0.25) is 0 Å². The Hall–Kier alpha value is -2.77. The van der Waals surface area contributed by atoms with E-state index in [1.165, 1.54) is 10.7 Å². The fourth-order valence-corrected chi connectivity index (χ4v) is 6.18. The van der Waals surface area contributed by atoms with Crippen LogP contribution in [-0.2, 0) is 18.3 Å². The molecule has 2 saturated carbocycles. The average Bonchev–Trinajstić information content (AvgIpc) is 3.36. The highest BCUT2D eigenvalue weighted by molar-refractivity contribution is 5.89. The number of carbonyl (C=O) groups excluding carboxylic acids is 1. The minimum absolute atomic E-state index is 0.0614. The molecular weight excluding hydrogens is 412 g/mol. The van der Waals surface area contributed by atoms with E-state index in [0.717, 1.165) is 57.3 Å². The molecule has 2 atom stereocenters. The molecule has 32 heavy (non-hydrogen) atoms. The fourth-order valence-electron chi connectivity index (χ4n) is 6.18. The van der Waals surface area contributed by atoms with E-state index in [4.69, 9.17) is 0 Å². The quantitative estimate of drug-likeness (QED) is 0.583. The molecular formula is C24H27F2N5O. The number of hydrogen-bond acceptors (Lipinski definition) is 5. The third-order valence-corrected chi connectivity index (χ3v) is 7.67. The van der Waals surface area contributed by atoms with Crippen LogP contribution < -0.4 is 0 Å². The number of halogens is 2. The molecule has 0 aromatic carbocycles. The Morgan fingerprint density at radius 2 is 1.91 bits per heavy atom. The lowest BCUT2D eigenvalue weighted by Gasteiger charge is -2.45. The molecule has 1 spiro atoms. The molecule has 0 amide bonds. The maximum atomic E-state index is 14.9. The number of fused-ring (bicyclic) bond motifs is 1. The van der Waals surface area contributed by atoms with Gasteiger partial charge < -0.3 is 0 Å². The van der Waals surface area contributed by atoms with Gasteiger partial charge in [0.15, 0.2) is 17.3 Å². The first-order valence-corrected chi connectivity index (χ1v) is 11.4. The van der Waals surface area contributed by atoms with Gasteiger partial charge in [-0.2, -0.15) is 5.10 Å². The van der Waals surface area contributed by atoms with Gasteiger partial charge in [-0.15, -0.1) is 0 Å². The summed E-state index contributed by atoms with van der Waals surface area (Å²) in [4.78, 5) is 25.3. The van der Waals surface area contributed by atoms with Crippen LogP contribution >= 0.6 is 0 Å². The Morgan fingerprint density at radius 1 is 1.16 bits per heavy atom. The van der Waals surface area contributed by atoms with Crippen molar-refractivity contribution in [3.05, 3.63) is 35.8 Å². The Kier molecular flexibility index (Phi) is 5.26. The number of nitrogens with zero attached hydrogens (tertiary/aromatic N) is 5. The number of hydrogen-bond donors (Lipinski definition) is 0. The standard InChI is InChI=1S/C24H27F2N5O/c1-14(32)16-6-5-9-24(7-3-4-8-24)18(16)11-20-19(26)13-27-22(29-20)21-17-10-15(25)12-28-23(17)31(2)30-21/h10,12-13,16,18H,3-9,11H2,1-2H3/t16-,18+/m1/s1. The molecule has 0 unspecified atom stereocenters. The summed E-state index contributed by atoms with van der Waals surface area (Å²) in [6.45, 7) is 1.66. The monoisotopic (exact) mass is 439 g/mol. The molecule has 168 valence electrons. The Balaban J connectivity index is 1.56. The van der Waals surface area contributed by atoms with Crippen molar-refractivity contribution in [2.75, 3.05) is 0 Å². The van der Waals surface area contributed by atoms with Crippen LogP contribution in [0.5, 0.6) is 0 Å². The molecule has 2 fully saturated rings. The van der Waals surface area contributed by atoms with Crippen LogP contribution in [0.3, 0.4) is 0 Å². The molecule has 3 aromatic rings. The maximum absolute atomic E-state index is 14.9. The Morgan fingerprint density at radius 3 is 2.66 bits per heavy atom. The van der Waals surface area contributed by atoms with Gasteiger partial charge >= 0.3 is 0 Å². The largest absolute Gasteiger partial charge is 0.300 e. The van der Waals surface area contributed by atoms with Gasteiger partial charge in [0.1, 0.15) is 17.3 Å². The molecule has 0 N–H and O–H groups in total. The van der Waals surface area contributed by atoms with Crippen LogP contribution in [0, 0.1) is 28.9 Å². The van der Waals surface area contributed by atoms with Crippen molar-refractivity contribution in [3.63, 3.8) is 0 Å². The maximum Gasteiger partial charge on any atom is 0.181 e. The van der Waals surface area contributed by atoms with Gasteiger partial charge in [-0.25, -0.2) is 28.4 Å². The predicted molar refractivity (Wildman–Crippen MR) is 116 cm³/mol. The van der Waals surface area contributed by atoms with Gasteiger partial charge in [-0.1, -0.05) is 19.3 Å². The summed E-state index contributed by atoms with van der Waals surface area (Å²) >= 11 is 0. The third-order valence-electron chi connectivity index (χ3n) is 7.67. The molecule has 0 bridgehead atoms. The van der Waals surface area contributed by atoms with Crippen molar-refractivity contribution in [1.29, 1.82) is 0 Å². The van der Waals surface area contributed by atoms with E-state index >= 15 is 0 Å². The van der Waals surface area contributed by atoms with E-state index in [1.54, 1.807) is 14.0 Å². The number of aryl methyl sites for hydroxylation is 1. The van der Waals surface area contributed by atoms with Gasteiger partial charge in [-0.3, -0.25) is 4.79 Å². The zero-order chi connectivity index (χ0) is 22.5. The highest BCUT2D eigenvalue weighted by atomic mass is 19.1. The number of rotatable bonds is 4. The predicted octanol–water partition coefficient (Wildman–Crippen LogP) is 4.81. The molecule has 3 heterocycles. The van der Waals surface area contributed by atoms with Crippen molar-refractivity contribution >= 4 is 16.8 Å². The summed E-state index contributed by atoms with van der Waals surface area (Å²) < 4.78 is 30.3. The normalized spacial score (nSPS) is 22.6. The second kappa shape index (κ2) is 7.98. The van der Waals surface area contributed by atoms with Gasteiger partial charge in [0.05, 0.1) is 23.5 Å². The number of Topliss-reactive ketones (excluding diaryl/α,β-unsaturated/α-hetero) is 1. The van der Waals surface area contributed by atoms with Crippen molar-refractivity contribution in [3.8, 4) is 11.5 Å². The summed E-state index contributed by atoms with van der Waals surface area (Å²) in [5.41, 5.74) is 1.28. The van der Waals surface area contributed by atoms with E-state index in [0.29, 0.717) is 28.8 Å². The van der Waals surface area contributed by atoms with Gasteiger partial charge in [0, 0.05) is 13.0 Å². The topological polar surface area (TPSA) is 73.6 Å². The van der Waals surface area contributed by atoms with Crippen molar-refractivity contribution in [1.82, 2.24) is 24.7 Å². The molecule has 8 heteroatoms. The molecule has 0 aliphatic heterocycles. The summed E-state index contributed by atoms with van der Waals surface area (Å²) in [7, 11) is 1.71. The van der Waals surface area contributed by atoms with Crippen LogP contribution in [0.1, 0.15) is 57.6 Å². The van der Waals surface area contributed by atoms with E-state index in [9.17, 15) is 13.6 Å². The summed E-state index contributed by atoms with van der Waals surface area (Å²) in [6.07, 6.45) is 10.2. The lowest BCUT2D eigenvalue weighted by molar-refractivity contribution is -0.126. The second-order valence-electron chi connectivity index (χ2n) is 9.47. The molecule has 3 aromatic heterocycles. The molecule has 2 aliphatic carbocycles. The summed E-state index contributed by atoms with van der Waals surface area (Å²) in [6, 6.07) is 1.34. The van der Waals surface area contributed by atoms with Gasteiger partial charge in [0.2, 0.25) is 0 Å². The van der Waals surface area contributed by atoms with E-state index in [2.05, 4.69) is 20.1 Å². The third kappa shape index (κ3) is 3.49. The highest BCUT2D eigenvalue weighted by Crippen LogP contribution is 2.55. The van der Waals surface area contributed by atoms with E-state index in [-0.39, 0.29) is 28.9 Å². The lowest BCUT2D eigenvalue weighted by atomic mass is 9.58. The Labute approximate surface area is 185 Å². The number of ketones is 1. The van der Waals surface area contributed by atoms with Crippen LogP contribution in [0.25, 0.3) is 22.6 Å². The van der Waals surface area contributed by atoms with Crippen LogP contribution in [0.4, 0.5) is 8.78 Å². The molecule has 6 nitrogen and oxygen atoms in total. The SMILES string of the molecule is CC(=O)[C@H]1CCCC2(CCCC2)[C@H]1Cc1nc(-c2nn(C)c3ncc(F)cc23)ncc1F. The summed E-state index contributed by atoms with van der Waals surface area (Å²) in [5.74, 6) is -0.507. The summed E-state index contributed by atoms with van der Waals surface area (Å²) in [5, 5.41) is 4.90. The minimum atomic E-state index is -0.483. The van der Waals surface area contributed by atoms with Crippen molar-refractivity contribution < 1.29 is 13.6 Å². The van der Waals surface area contributed by atoms with Gasteiger partial charge in [0.25, 0.3) is 0 Å². The average molecular weight is 440 g/mol. The smallest absolute Gasteiger partial charge is 0.181 e. The van der Waals surface area contributed by atoms with Gasteiger partial charge in [-0.05, 0) is 56.4 Å². The molecule has 2 aliphatic rings. The zero-order valence-corrected chi connectivity index (χ0v) is 18.4. The number of carbonyl (C=O) groups is 1. The first-order valence-electron chi connectivity index (χ1n) is 11.4. The number of aromatic nitrogens is 5. The highest BCUT2D eigenvalue weighted by Gasteiger charge is 2.48. The van der Waals surface area contributed by atoms with E-state index < -0.39 is 11.6 Å². The van der Waals surface area contributed by atoms with E-state index in [1.807, 2.05) is 0 Å². The van der Waals surface area contributed by atoms with Crippen LogP contribution in [-0.4, -0.2) is 30.5 Å². The number of pyridine rings is 1. The molecule has 5 rings (SSSR count).